The number of nitrogens with one attached hydrogen (secondary N) is 1. The zero-order chi connectivity index (χ0) is 14.6. The number of esters is 1. The first-order chi connectivity index (χ1) is 9.62. The van der Waals surface area contributed by atoms with Crippen LogP contribution in [0.15, 0.2) is 24.3 Å². The zero-order valence-corrected chi connectivity index (χ0v) is 12.9. The number of halogens is 1. The summed E-state index contributed by atoms with van der Waals surface area (Å²) in [5, 5.41) is 4.18. The SMILES string of the molecule is CCC(NC1CCCC1)(C(=O)OC)c1cccc(Cl)c1. The van der Waals surface area contributed by atoms with Gasteiger partial charge >= 0.3 is 5.97 Å². The van der Waals surface area contributed by atoms with Crippen LogP contribution in [0.2, 0.25) is 5.02 Å². The van der Waals surface area contributed by atoms with E-state index in [1.807, 2.05) is 31.2 Å². The fraction of sp³-hybridized carbons (Fsp3) is 0.562. The third kappa shape index (κ3) is 2.99. The summed E-state index contributed by atoms with van der Waals surface area (Å²) >= 11 is 6.09. The standard InChI is InChI=1S/C16H22ClNO2/c1-3-16(15(19)20-2,18-14-9-4-5-10-14)12-7-6-8-13(17)11-12/h6-8,11,14,18H,3-5,9-10H2,1-2H3. The molecule has 0 heterocycles. The van der Waals surface area contributed by atoms with E-state index in [1.54, 1.807) is 0 Å². The van der Waals surface area contributed by atoms with Gasteiger partial charge in [0.15, 0.2) is 0 Å². The lowest BCUT2D eigenvalue weighted by molar-refractivity contribution is -0.149. The van der Waals surface area contributed by atoms with Crippen LogP contribution in [0.25, 0.3) is 0 Å². The van der Waals surface area contributed by atoms with E-state index in [-0.39, 0.29) is 5.97 Å². The molecule has 0 amide bonds. The van der Waals surface area contributed by atoms with Crippen molar-refractivity contribution in [2.45, 2.75) is 50.6 Å². The Hall–Kier alpha value is -1.06. The maximum absolute atomic E-state index is 12.4. The summed E-state index contributed by atoms with van der Waals surface area (Å²) in [5.41, 5.74) is 0.0838. The van der Waals surface area contributed by atoms with Gasteiger partial charge in [-0.1, -0.05) is 43.5 Å². The van der Waals surface area contributed by atoms with Gasteiger partial charge in [-0.2, -0.15) is 0 Å². The Morgan fingerprint density at radius 3 is 2.70 bits per heavy atom. The van der Waals surface area contributed by atoms with Crippen LogP contribution in [0.5, 0.6) is 0 Å². The summed E-state index contributed by atoms with van der Waals surface area (Å²) in [6.07, 6.45) is 5.29. The van der Waals surface area contributed by atoms with Gasteiger partial charge in [0.05, 0.1) is 7.11 Å². The molecule has 1 aromatic carbocycles. The summed E-state index contributed by atoms with van der Waals surface area (Å²) in [6, 6.07) is 7.85. The maximum Gasteiger partial charge on any atom is 0.330 e. The number of rotatable bonds is 5. The molecule has 0 radical (unpaired) electrons. The fourth-order valence-electron chi connectivity index (χ4n) is 3.06. The van der Waals surface area contributed by atoms with E-state index in [9.17, 15) is 4.79 Å². The number of ether oxygens (including phenoxy) is 1. The summed E-state index contributed by atoms with van der Waals surface area (Å²) in [4.78, 5) is 12.4. The number of methoxy groups -OCH3 is 1. The first kappa shape index (κ1) is 15.3. The Kier molecular flexibility index (Phi) is 5.06. The molecule has 0 saturated heterocycles. The molecular formula is C16H22ClNO2. The van der Waals surface area contributed by atoms with E-state index >= 15 is 0 Å². The van der Waals surface area contributed by atoms with Crippen molar-refractivity contribution in [3.63, 3.8) is 0 Å². The van der Waals surface area contributed by atoms with Crippen molar-refractivity contribution in [1.82, 2.24) is 5.32 Å². The first-order valence-corrected chi connectivity index (χ1v) is 7.62. The second-order valence-electron chi connectivity index (χ2n) is 5.39. The van der Waals surface area contributed by atoms with Gasteiger partial charge in [-0.15, -0.1) is 0 Å². The maximum atomic E-state index is 12.4. The topological polar surface area (TPSA) is 38.3 Å². The van der Waals surface area contributed by atoms with Crippen LogP contribution in [-0.2, 0) is 15.1 Å². The van der Waals surface area contributed by atoms with Crippen molar-refractivity contribution >= 4 is 17.6 Å². The second kappa shape index (κ2) is 6.59. The van der Waals surface area contributed by atoms with Crippen LogP contribution in [0, 0.1) is 0 Å². The number of carbonyl (C=O) groups excluding carboxylic acids is 1. The molecule has 1 atom stereocenters. The van der Waals surface area contributed by atoms with Gasteiger partial charge in [-0.3, -0.25) is 5.32 Å². The van der Waals surface area contributed by atoms with E-state index in [0.717, 1.165) is 18.4 Å². The predicted molar refractivity (Wildman–Crippen MR) is 80.8 cm³/mol. The lowest BCUT2D eigenvalue weighted by atomic mass is 9.86. The number of benzene rings is 1. The molecule has 2 rings (SSSR count). The van der Waals surface area contributed by atoms with E-state index in [0.29, 0.717) is 17.5 Å². The van der Waals surface area contributed by atoms with Crippen molar-refractivity contribution in [3.8, 4) is 0 Å². The van der Waals surface area contributed by atoms with Gasteiger partial charge < -0.3 is 4.74 Å². The zero-order valence-electron chi connectivity index (χ0n) is 12.1. The van der Waals surface area contributed by atoms with Crippen molar-refractivity contribution in [3.05, 3.63) is 34.9 Å². The highest BCUT2D eigenvalue weighted by molar-refractivity contribution is 6.30. The molecule has 3 nitrogen and oxygen atoms in total. The molecule has 0 spiro atoms. The average Bonchev–Trinajstić information content (AvgIpc) is 2.96. The number of carbonyl (C=O) groups is 1. The summed E-state index contributed by atoms with van der Waals surface area (Å²) < 4.78 is 5.07. The van der Waals surface area contributed by atoms with Gasteiger partial charge in [0.2, 0.25) is 0 Å². The molecule has 1 fully saturated rings. The van der Waals surface area contributed by atoms with Gasteiger partial charge in [-0.05, 0) is 37.0 Å². The second-order valence-corrected chi connectivity index (χ2v) is 5.82. The molecule has 1 saturated carbocycles. The molecule has 0 bridgehead atoms. The quantitative estimate of drug-likeness (QED) is 0.843. The molecule has 1 aliphatic carbocycles. The van der Waals surface area contributed by atoms with Crippen molar-refractivity contribution in [2.24, 2.45) is 0 Å². The van der Waals surface area contributed by atoms with Crippen molar-refractivity contribution in [2.75, 3.05) is 7.11 Å². The Morgan fingerprint density at radius 2 is 2.15 bits per heavy atom. The van der Waals surface area contributed by atoms with E-state index in [1.165, 1.54) is 20.0 Å². The molecule has 0 aromatic heterocycles. The number of hydrogen-bond acceptors (Lipinski definition) is 3. The largest absolute Gasteiger partial charge is 0.467 e. The van der Waals surface area contributed by atoms with Crippen LogP contribution >= 0.6 is 11.6 Å². The van der Waals surface area contributed by atoms with Gasteiger partial charge in [0.25, 0.3) is 0 Å². The monoisotopic (exact) mass is 295 g/mol. The van der Waals surface area contributed by atoms with Gasteiger partial charge in [0.1, 0.15) is 5.54 Å². The molecule has 1 aliphatic rings. The minimum atomic E-state index is -0.797. The highest BCUT2D eigenvalue weighted by Crippen LogP contribution is 2.32. The third-order valence-corrected chi connectivity index (χ3v) is 4.42. The van der Waals surface area contributed by atoms with Crippen LogP contribution in [0.1, 0.15) is 44.6 Å². The molecule has 110 valence electrons. The predicted octanol–water partition coefficient (Wildman–Crippen LogP) is 3.65. The third-order valence-electron chi connectivity index (χ3n) is 4.19. The number of hydrogen-bond donors (Lipinski definition) is 1. The fourth-order valence-corrected chi connectivity index (χ4v) is 3.25. The van der Waals surface area contributed by atoms with Crippen LogP contribution in [0.3, 0.4) is 0 Å². The van der Waals surface area contributed by atoms with Gasteiger partial charge in [-0.25, -0.2) is 4.79 Å². The lowest BCUT2D eigenvalue weighted by Crippen LogP contribution is -2.53. The molecule has 1 unspecified atom stereocenters. The summed E-state index contributed by atoms with van der Waals surface area (Å²) in [5.74, 6) is -0.242. The summed E-state index contributed by atoms with van der Waals surface area (Å²) in [7, 11) is 1.44. The van der Waals surface area contributed by atoms with Gasteiger partial charge in [0, 0.05) is 11.1 Å². The Balaban J connectivity index is 2.38. The van der Waals surface area contributed by atoms with E-state index in [4.69, 9.17) is 16.3 Å². The lowest BCUT2D eigenvalue weighted by Gasteiger charge is -2.34. The molecule has 1 N–H and O–H groups in total. The first-order valence-electron chi connectivity index (χ1n) is 7.24. The molecule has 4 heteroatoms. The highest BCUT2D eigenvalue weighted by atomic mass is 35.5. The highest BCUT2D eigenvalue weighted by Gasteiger charge is 2.41. The van der Waals surface area contributed by atoms with Crippen LogP contribution in [-0.4, -0.2) is 19.1 Å². The smallest absolute Gasteiger partial charge is 0.330 e. The normalized spacial score (nSPS) is 18.8. The van der Waals surface area contributed by atoms with Crippen LogP contribution in [0.4, 0.5) is 0 Å². The van der Waals surface area contributed by atoms with Crippen LogP contribution < -0.4 is 5.32 Å². The average molecular weight is 296 g/mol. The molecule has 20 heavy (non-hydrogen) atoms. The van der Waals surface area contributed by atoms with Crippen molar-refractivity contribution < 1.29 is 9.53 Å². The van der Waals surface area contributed by atoms with E-state index in [2.05, 4.69) is 5.32 Å². The molecule has 0 aliphatic heterocycles. The van der Waals surface area contributed by atoms with E-state index < -0.39 is 5.54 Å². The molecular weight excluding hydrogens is 274 g/mol. The minimum absolute atomic E-state index is 0.242. The summed E-state index contributed by atoms with van der Waals surface area (Å²) in [6.45, 7) is 2.00. The Morgan fingerprint density at radius 1 is 1.45 bits per heavy atom. The molecule has 1 aromatic rings. The van der Waals surface area contributed by atoms with Crippen molar-refractivity contribution in [1.29, 1.82) is 0 Å². The Bertz CT molecular complexity index is 471. The Labute approximate surface area is 125 Å². The minimum Gasteiger partial charge on any atom is -0.467 e.